The first-order valence-corrected chi connectivity index (χ1v) is 11.2. The lowest BCUT2D eigenvalue weighted by molar-refractivity contribution is -0.141. The molecule has 0 bridgehead atoms. The predicted octanol–water partition coefficient (Wildman–Crippen LogP) is 4.05. The molecule has 0 aliphatic heterocycles. The van der Waals surface area contributed by atoms with E-state index in [0.29, 0.717) is 29.0 Å². The second-order valence-corrected chi connectivity index (χ2v) is 7.66. The van der Waals surface area contributed by atoms with Crippen LogP contribution in [-0.2, 0) is 14.3 Å². The number of para-hydroxylation sites is 1. The first-order chi connectivity index (χ1) is 15.8. The number of ether oxygens (including phenoxy) is 3. The molecule has 1 amide bonds. The number of aliphatic hydroxyl groups is 1. The Kier molecular flexibility index (Phi) is 10.7. The Balaban J connectivity index is 2.18. The molecule has 0 saturated carbocycles. The molecule has 0 aliphatic carbocycles. The zero-order chi connectivity index (χ0) is 24.2. The van der Waals surface area contributed by atoms with E-state index in [1.807, 2.05) is 6.92 Å². The van der Waals surface area contributed by atoms with Gasteiger partial charge in [0.15, 0.2) is 5.78 Å². The van der Waals surface area contributed by atoms with Crippen molar-refractivity contribution in [2.24, 2.45) is 5.92 Å². The fourth-order valence-corrected chi connectivity index (χ4v) is 3.19. The molecule has 0 aromatic heterocycles. The Labute approximate surface area is 198 Å². The van der Waals surface area contributed by atoms with Crippen molar-refractivity contribution in [3.63, 3.8) is 0 Å². The minimum Gasteiger partial charge on any atom is -0.491 e. The first-order valence-electron chi connectivity index (χ1n) is 10.5. The average Bonchev–Trinajstić information content (AvgIpc) is 2.81. The molecule has 2 aromatic rings. The van der Waals surface area contributed by atoms with Crippen LogP contribution in [0.5, 0.6) is 5.75 Å². The van der Waals surface area contributed by atoms with Gasteiger partial charge in [-0.05, 0) is 43.7 Å². The molecule has 0 saturated heterocycles. The molecule has 33 heavy (non-hydrogen) atoms. The van der Waals surface area contributed by atoms with Gasteiger partial charge in [0.2, 0.25) is 0 Å². The largest absolute Gasteiger partial charge is 0.491 e. The highest BCUT2D eigenvalue weighted by Crippen LogP contribution is 2.35. The Bertz CT molecular complexity index is 933. The van der Waals surface area contributed by atoms with E-state index in [4.69, 9.17) is 19.3 Å². The maximum atomic E-state index is 12.7. The van der Waals surface area contributed by atoms with E-state index in [0.717, 1.165) is 0 Å². The molecular formula is C24H29NO7S. The summed E-state index contributed by atoms with van der Waals surface area (Å²) < 4.78 is 16.5. The van der Waals surface area contributed by atoms with Crippen LogP contribution in [0.2, 0.25) is 0 Å². The van der Waals surface area contributed by atoms with E-state index >= 15 is 0 Å². The molecule has 2 aromatic carbocycles. The number of carbonyl (C=O) groups is 3. The van der Waals surface area contributed by atoms with Gasteiger partial charge in [-0.1, -0.05) is 25.1 Å². The van der Waals surface area contributed by atoms with Crippen molar-refractivity contribution >= 4 is 36.2 Å². The van der Waals surface area contributed by atoms with Gasteiger partial charge >= 0.3 is 12.1 Å². The van der Waals surface area contributed by atoms with Crippen LogP contribution in [-0.4, -0.2) is 48.5 Å². The van der Waals surface area contributed by atoms with Crippen LogP contribution in [0.15, 0.2) is 48.5 Å². The van der Waals surface area contributed by atoms with E-state index < -0.39 is 18.2 Å². The molecule has 0 aliphatic rings. The number of carbonyl (C=O) groups excluding carboxylic acids is 3. The monoisotopic (exact) mass is 475 g/mol. The molecule has 0 radical (unpaired) electrons. The van der Waals surface area contributed by atoms with Gasteiger partial charge in [-0.15, -0.1) is 0 Å². The van der Waals surface area contributed by atoms with Gasteiger partial charge < -0.3 is 19.3 Å². The van der Waals surface area contributed by atoms with Gasteiger partial charge in [0.1, 0.15) is 18.5 Å². The van der Waals surface area contributed by atoms with Crippen LogP contribution in [0.3, 0.4) is 0 Å². The summed E-state index contributed by atoms with van der Waals surface area (Å²) in [5.74, 6) is -0.272. The number of hydrogen-bond donors (Lipinski definition) is 3. The summed E-state index contributed by atoms with van der Waals surface area (Å²) >= 11 is 3.89. The minimum absolute atomic E-state index is 0.0169. The van der Waals surface area contributed by atoms with E-state index in [-0.39, 0.29) is 37.3 Å². The normalized spacial score (nSPS) is 12.4. The van der Waals surface area contributed by atoms with Crippen LogP contribution in [0.1, 0.15) is 42.3 Å². The lowest BCUT2D eigenvalue weighted by atomic mass is 9.94. The highest BCUT2D eigenvalue weighted by molar-refractivity contribution is 7.81. The quantitative estimate of drug-likeness (QED) is 0.241. The lowest BCUT2D eigenvalue weighted by Gasteiger charge is -2.26. The first kappa shape index (κ1) is 26.2. The summed E-state index contributed by atoms with van der Waals surface area (Å²) in [6, 6.07) is 13.6. The summed E-state index contributed by atoms with van der Waals surface area (Å²) in [4.78, 5) is 35.5. The Hall–Kier alpha value is -3.04. The van der Waals surface area contributed by atoms with Crippen molar-refractivity contribution in [3.8, 4) is 5.75 Å². The zero-order valence-electron chi connectivity index (χ0n) is 18.7. The Morgan fingerprint density at radius 2 is 1.76 bits per heavy atom. The third kappa shape index (κ3) is 8.43. The maximum absolute atomic E-state index is 12.7. The van der Waals surface area contributed by atoms with Gasteiger partial charge in [-0.25, -0.2) is 4.79 Å². The topological polar surface area (TPSA) is 111 Å². The molecule has 2 atom stereocenters. The van der Waals surface area contributed by atoms with Crippen LogP contribution >= 0.6 is 12.6 Å². The van der Waals surface area contributed by atoms with Crippen molar-refractivity contribution < 1.29 is 33.7 Å². The molecule has 8 nitrogen and oxygen atoms in total. The van der Waals surface area contributed by atoms with E-state index in [1.165, 1.54) is 6.92 Å². The molecular weight excluding hydrogens is 446 g/mol. The van der Waals surface area contributed by atoms with Crippen molar-refractivity contribution in [3.05, 3.63) is 59.7 Å². The summed E-state index contributed by atoms with van der Waals surface area (Å²) in [6.07, 6.45) is -0.975. The molecule has 0 unspecified atom stereocenters. The molecule has 0 fully saturated rings. The standard InChI is InChI=1S/C24H29NO7S/c1-16(11-13-31-22(28)15-33)23(20-5-3-4-6-21(20)30-14-12-26)32-24(29)25-19-9-7-18(8-10-19)17(2)27/h3-10,16,23,26,33H,11-15H2,1-2H3,(H,25,29)/t16-,23-/m1/s1. The highest BCUT2D eigenvalue weighted by atomic mass is 32.1. The highest BCUT2D eigenvalue weighted by Gasteiger charge is 2.27. The van der Waals surface area contributed by atoms with Gasteiger partial charge in [-0.3, -0.25) is 14.9 Å². The number of anilines is 1. The molecule has 2 N–H and O–H groups in total. The SMILES string of the molecule is CC(=O)c1ccc(NC(=O)O[C@@H](c2ccccc2OCCO)[C@H](C)CCOC(=O)CS)cc1. The number of nitrogens with one attached hydrogen (secondary N) is 1. The minimum atomic E-state index is -0.717. The summed E-state index contributed by atoms with van der Waals surface area (Å²) in [5.41, 5.74) is 1.64. The molecule has 2 rings (SSSR count). The zero-order valence-corrected chi connectivity index (χ0v) is 19.5. The maximum Gasteiger partial charge on any atom is 0.412 e. The Morgan fingerprint density at radius 3 is 2.39 bits per heavy atom. The smallest absolute Gasteiger partial charge is 0.412 e. The number of thiol groups is 1. The summed E-state index contributed by atoms with van der Waals surface area (Å²) in [5, 5.41) is 11.8. The number of ketones is 1. The molecule has 0 spiro atoms. The van der Waals surface area contributed by atoms with Gasteiger partial charge in [0.05, 0.1) is 19.0 Å². The van der Waals surface area contributed by atoms with Gasteiger partial charge in [0.25, 0.3) is 0 Å². The fraction of sp³-hybridized carbons (Fsp3) is 0.375. The third-order valence-corrected chi connectivity index (χ3v) is 5.09. The van der Waals surface area contributed by atoms with Crippen molar-refractivity contribution in [2.45, 2.75) is 26.4 Å². The second-order valence-electron chi connectivity index (χ2n) is 7.34. The average molecular weight is 476 g/mol. The number of benzene rings is 2. The van der Waals surface area contributed by atoms with E-state index in [9.17, 15) is 14.4 Å². The number of amides is 1. The molecule has 0 heterocycles. The third-order valence-electron chi connectivity index (χ3n) is 4.83. The van der Waals surface area contributed by atoms with Crippen molar-refractivity contribution in [1.29, 1.82) is 0 Å². The number of Topliss-reactive ketones (excluding diaryl/α,β-unsaturated/α-hetero) is 1. The van der Waals surface area contributed by atoms with Crippen LogP contribution in [0, 0.1) is 5.92 Å². The number of esters is 1. The predicted molar refractivity (Wildman–Crippen MR) is 127 cm³/mol. The van der Waals surface area contributed by atoms with Gasteiger partial charge in [-0.2, -0.15) is 12.6 Å². The molecule has 178 valence electrons. The van der Waals surface area contributed by atoms with Crippen molar-refractivity contribution in [2.75, 3.05) is 30.9 Å². The van der Waals surface area contributed by atoms with Gasteiger partial charge in [0, 0.05) is 22.7 Å². The number of aliphatic hydroxyl groups excluding tert-OH is 1. The Morgan fingerprint density at radius 1 is 1.06 bits per heavy atom. The summed E-state index contributed by atoms with van der Waals surface area (Å²) in [7, 11) is 0. The van der Waals surface area contributed by atoms with E-state index in [2.05, 4.69) is 17.9 Å². The van der Waals surface area contributed by atoms with Crippen LogP contribution in [0.25, 0.3) is 0 Å². The van der Waals surface area contributed by atoms with Crippen LogP contribution in [0.4, 0.5) is 10.5 Å². The van der Waals surface area contributed by atoms with Crippen LogP contribution < -0.4 is 10.1 Å². The number of rotatable bonds is 12. The second kappa shape index (κ2) is 13.5. The lowest BCUT2D eigenvalue weighted by Crippen LogP contribution is -2.24. The number of hydrogen-bond acceptors (Lipinski definition) is 8. The fourth-order valence-electron chi connectivity index (χ4n) is 3.10. The van der Waals surface area contributed by atoms with Crippen molar-refractivity contribution in [1.82, 2.24) is 0 Å². The van der Waals surface area contributed by atoms with E-state index in [1.54, 1.807) is 48.5 Å². The molecule has 9 heteroatoms. The summed E-state index contributed by atoms with van der Waals surface area (Å²) in [6.45, 7) is 3.41.